The predicted octanol–water partition coefficient (Wildman–Crippen LogP) is 3.23. The van der Waals surface area contributed by atoms with Crippen molar-refractivity contribution in [3.8, 4) is 11.5 Å². The minimum Gasteiger partial charge on any atom is -0.490 e. The number of halogens is 1. The third kappa shape index (κ3) is 5.29. The minimum atomic E-state index is -0.133. The van der Waals surface area contributed by atoms with Gasteiger partial charge in [0.2, 0.25) is 0 Å². The molecule has 0 spiro atoms. The highest BCUT2D eigenvalue weighted by Crippen LogP contribution is 2.28. The number of hydrogen-bond donors (Lipinski definition) is 1. The molecule has 5 heteroatoms. The zero-order valence-electron chi connectivity index (χ0n) is 12.2. The van der Waals surface area contributed by atoms with Crippen molar-refractivity contribution in [1.82, 2.24) is 5.32 Å². The van der Waals surface area contributed by atoms with Gasteiger partial charge in [-0.1, -0.05) is 0 Å². The molecule has 1 amide bonds. The molecule has 1 unspecified atom stereocenters. The van der Waals surface area contributed by atoms with Crippen LogP contribution in [-0.4, -0.2) is 31.0 Å². The van der Waals surface area contributed by atoms with Crippen molar-refractivity contribution < 1.29 is 14.3 Å². The number of nitrogens with one attached hydrogen (secondary N) is 1. The summed E-state index contributed by atoms with van der Waals surface area (Å²) < 4.78 is 11.0. The maximum absolute atomic E-state index is 12.0. The lowest BCUT2D eigenvalue weighted by Gasteiger charge is -2.12. The Labute approximate surface area is 125 Å². The van der Waals surface area contributed by atoms with Gasteiger partial charge in [0.15, 0.2) is 11.5 Å². The van der Waals surface area contributed by atoms with Crippen molar-refractivity contribution in [2.75, 3.05) is 19.8 Å². The summed E-state index contributed by atoms with van der Waals surface area (Å²) in [4.78, 5) is 12.0. The monoisotopic (exact) mass is 299 g/mol. The Bertz CT molecular complexity index is 435. The molecule has 4 nitrogen and oxygen atoms in total. The molecule has 0 saturated heterocycles. The molecule has 112 valence electrons. The number of amides is 1. The molecule has 0 bridgehead atoms. The van der Waals surface area contributed by atoms with Crippen LogP contribution in [0.15, 0.2) is 18.2 Å². The van der Waals surface area contributed by atoms with Gasteiger partial charge in [-0.15, -0.1) is 11.6 Å². The molecule has 0 aliphatic rings. The number of benzene rings is 1. The highest BCUT2D eigenvalue weighted by atomic mass is 35.5. The molecular formula is C15H22ClNO3. The third-order valence-corrected chi connectivity index (χ3v) is 2.85. The highest BCUT2D eigenvalue weighted by molar-refractivity contribution is 6.20. The SMILES string of the molecule is CCOc1ccc(C(=O)NCCC(C)Cl)cc1OCC. The van der Waals surface area contributed by atoms with Crippen LogP contribution in [0.5, 0.6) is 11.5 Å². The molecule has 1 rings (SSSR count). The lowest BCUT2D eigenvalue weighted by molar-refractivity contribution is 0.0952. The molecule has 1 atom stereocenters. The Morgan fingerprint density at radius 3 is 2.50 bits per heavy atom. The molecule has 0 heterocycles. The van der Waals surface area contributed by atoms with Crippen molar-refractivity contribution >= 4 is 17.5 Å². The van der Waals surface area contributed by atoms with Gasteiger partial charge in [0.1, 0.15) is 0 Å². The number of carbonyl (C=O) groups excluding carboxylic acids is 1. The van der Waals surface area contributed by atoms with Crippen LogP contribution in [0.4, 0.5) is 0 Å². The number of rotatable bonds is 8. The van der Waals surface area contributed by atoms with E-state index in [1.54, 1.807) is 18.2 Å². The number of hydrogen-bond acceptors (Lipinski definition) is 3. The highest BCUT2D eigenvalue weighted by Gasteiger charge is 2.11. The summed E-state index contributed by atoms with van der Waals surface area (Å²) in [6.07, 6.45) is 0.739. The van der Waals surface area contributed by atoms with Crippen molar-refractivity contribution in [3.05, 3.63) is 23.8 Å². The van der Waals surface area contributed by atoms with E-state index in [2.05, 4.69) is 5.32 Å². The Morgan fingerprint density at radius 2 is 1.90 bits per heavy atom. The summed E-state index contributed by atoms with van der Waals surface area (Å²) in [6, 6.07) is 5.19. The van der Waals surface area contributed by atoms with Gasteiger partial charge in [-0.2, -0.15) is 0 Å². The normalized spacial score (nSPS) is 11.8. The number of ether oxygens (including phenoxy) is 2. The summed E-state index contributed by atoms with van der Waals surface area (Å²) in [5, 5.41) is 2.88. The van der Waals surface area contributed by atoms with Crippen LogP contribution in [-0.2, 0) is 0 Å². The Hall–Kier alpha value is -1.42. The maximum atomic E-state index is 12.0. The van der Waals surface area contributed by atoms with E-state index in [0.717, 1.165) is 6.42 Å². The van der Waals surface area contributed by atoms with Gasteiger partial charge in [0.25, 0.3) is 5.91 Å². The van der Waals surface area contributed by atoms with E-state index in [4.69, 9.17) is 21.1 Å². The summed E-state index contributed by atoms with van der Waals surface area (Å²) in [6.45, 7) is 7.33. The van der Waals surface area contributed by atoms with E-state index in [1.807, 2.05) is 20.8 Å². The van der Waals surface area contributed by atoms with Crippen molar-refractivity contribution in [2.45, 2.75) is 32.6 Å². The molecule has 0 fully saturated rings. The summed E-state index contributed by atoms with van der Waals surface area (Å²) >= 11 is 5.84. The second kappa shape index (κ2) is 8.69. The number of alkyl halides is 1. The summed E-state index contributed by atoms with van der Waals surface area (Å²) in [7, 11) is 0. The summed E-state index contributed by atoms with van der Waals surface area (Å²) in [5.41, 5.74) is 0.555. The molecule has 0 aromatic heterocycles. The lowest BCUT2D eigenvalue weighted by Crippen LogP contribution is -2.25. The van der Waals surface area contributed by atoms with Gasteiger partial charge in [0.05, 0.1) is 13.2 Å². The molecule has 0 aliphatic heterocycles. The van der Waals surface area contributed by atoms with E-state index in [0.29, 0.717) is 36.8 Å². The average molecular weight is 300 g/mol. The van der Waals surface area contributed by atoms with E-state index < -0.39 is 0 Å². The Kier molecular flexibility index (Phi) is 7.23. The predicted molar refractivity (Wildman–Crippen MR) is 81.0 cm³/mol. The molecule has 1 aromatic carbocycles. The minimum absolute atomic E-state index is 0.0506. The largest absolute Gasteiger partial charge is 0.490 e. The fourth-order valence-corrected chi connectivity index (χ4v) is 1.79. The fourth-order valence-electron chi connectivity index (χ4n) is 1.68. The van der Waals surface area contributed by atoms with Gasteiger partial charge in [-0.3, -0.25) is 4.79 Å². The second-order valence-electron chi connectivity index (χ2n) is 4.35. The third-order valence-electron chi connectivity index (χ3n) is 2.63. The van der Waals surface area contributed by atoms with Gasteiger partial charge in [-0.05, 0) is 45.4 Å². The quantitative estimate of drug-likeness (QED) is 0.750. The zero-order chi connectivity index (χ0) is 15.0. The topological polar surface area (TPSA) is 47.6 Å². The fraction of sp³-hybridized carbons (Fsp3) is 0.533. The Morgan fingerprint density at radius 1 is 1.25 bits per heavy atom. The Balaban J connectivity index is 2.74. The first-order valence-corrected chi connectivity index (χ1v) is 7.34. The van der Waals surface area contributed by atoms with Crippen LogP contribution < -0.4 is 14.8 Å². The van der Waals surface area contributed by atoms with Crippen molar-refractivity contribution in [1.29, 1.82) is 0 Å². The molecule has 0 radical (unpaired) electrons. The van der Waals surface area contributed by atoms with Crippen LogP contribution in [0.3, 0.4) is 0 Å². The van der Waals surface area contributed by atoms with Gasteiger partial charge in [0, 0.05) is 17.5 Å². The molecule has 0 aliphatic carbocycles. The van der Waals surface area contributed by atoms with Gasteiger partial charge in [-0.25, -0.2) is 0 Å². The van der Waals surface area contributed by atoms with E-state index in [9.17, 15) is 4.79 Å². The first kappa shape index (κ1) is 16.6. The van der Waals surface area contributed by atoms with E-state index in [1.165, 1.54) is 0 Å². The standard InChI is InChI=1S/C15H22ClNO3/c1-4-19-13-7-6-12(10-14(13)20-5-2)15(18)17-9-8-11(3)16/h6-7,10-11H,4-5,8-9H2,1-3H3,(H,17,18). The van der Waals surface area contributed by atoms with Crippen molar-refractivity contribution in [3.63, 3.8) is 0 Å². The number of carbonyl (C=O) groups is 1. The molecule has 20 heavy (non-hydrogen) atoms. The average Bonchev–Trinajstić information content (AvgIpc) is 2.40. The maximum Gasteiger partial charge on any atom is 0.251 e. The van der Waals surface area contributed by atoms with Gasteiger partial charge < -0.3 is 14.8 Å². The first-order valence-electron chi connectivity index (χ1n) is 6.90. The molecule has 0 saturated carbocycles. The molecule has 1 N–H and O–H groups in total. The molecular weight excluding hydrogens is 278 g/mol. The van der Waals surface area contributed by atoms with Crippen LogP contribution in [0, 0.1) is 0 Å². The van der Waals surface area contributed by atoms with Crippen molar-refractivity contribution in [2.24, 2.45) is 0 Å². The van der Waals surface area contributed by atoms with Crippen LogP contribution in [0.1, 0.15) is 37.6 Å². The lowest BCUT2D eigenvalue weighted by atomic mass is 10.2. The van der Waals surface area contributed by atoms with Crippen LogP contribution in [0.2, 0.25) is 0 Å². The zero-order valence-corrected chi connectivity index (χ0v) is 13.0. The van der Waals surface area contributed by atoms with E-state index in [-0.39, 0.29) is 11.3 Å². The summed E-state index contributed by atoms with van der Waals surface area (Å²) in [5.74, 6) is 1.11. The molecule has 1 aromatic rings. The van der Waals surface area contributed by atoms with Crippen LogP contribution in [0.25, 0.3) is 0 Å². The second-order valence-corrected chi connectivity index (χ2v) is 5.10. The van der Waals surface area contributed by atoms with E-state index >= 15 is 0 Å². The first-order chi connectivity index (χ1) is 9.58. The van der Waals surface area contributed by atoms with Crippen LogP contribution >= 0.6 is 11.6 Å². The smallest absolute Gasteiger partial charge is 0.251 e. The van der Waals surface area contributed by atoms with Gasteiger partial charge >= 0.3 is 0 Å².